The van der Waals surface area contributed by atoms with E-state index in [4.69, 9.17) is 5.11 Å². The highest BCUT2D eigenvalue weighted by atomic mass is 16.4. The molecule has 0 atom stereocenters. The largest absolute Gasteiger partial charge is 0.478 e. The van der Waals surface area contributed by atoms with E-state index in [1.807, 2.05) is 12.1 Å². The Hall–Kier alpha value is -1.51. The molecule has 92 valence electrons. The molecular formula is C14H19NO2. The smallest absolute Gasteiger partial charge is 0.335 e. The lowest BCUT2D eigenvalue weighted by molar-refractivity contribution is 0.0697. The Kier molecular flexibility index (Phi) is 3.36. The molecule has 0 unspecified atom stereocenters. The summed E-state index contributed by atoms with van der Waals surface area (Å²) >= 11 is 0. The van der Waals surface area contributed by atoms with Crippen molar-refractivity contribution in [1.29, 1.82) is 0 Å². The first-order valence-electron chi connectivity index (χ1n) is 6.19. The Bertz CT molecular complexity index is 426. The number of carbonyl (C=O) groups is 1. The van der Waals surface area contributed by atoms with Crippen molar-refractivity contribution in [3.8, 4) is 0 Å². The van der Waals surface area contributed by atoms with Crippen LogP contribution in [0.25, 0.3) is 0 Å². The van der Waals surface area contributed by atoms with Gasteiger partial charge in [0.1, 0.15) is 0 Å². The van der Waals surface area contributed by atoms with Gasteiger partial charge >= 0.3 is 5.97 Å². The Morgan fingerprint density at radius 2 is 2.24 bits per heavy atom. The highest BCUT2D eigenvalue weighted by Crippen LogP contribution is 2.28. The Labute approximate surface area is 102 Å². The maximum atomic E-state index is 11.0. The summed E-state index contributed by atoms with van der Waals surface area (Å²) in [6, 6.07) is 5.49. The molecule has 0 aliphatic carbocycles. The quantitative estimate of drug-likeness (QED) is 0.872. The van der Waals surface area contributed by atoms with Crippen LogP contribution in [0.15, 0.2) is 18.2 Å². The molecule has 17 heavy (non-hydrogen) atoms. The predicted molar refractivity (Wildman–Crippen MR) is 68.8 cm³/mol. The van der Waals surface area contributed by atoms with Crippen LogP contribution in [0.3, 0.4) is 0 Å². The number of hydrogen-bond donors (Lipinski definition) is 1. The van der Waals surface area contributed by atoms with Crippen LogP contribution in [0.2, 0.25) is 0 Å². The number of rotatable bonds is 3. The lowest BCUT2D eigenvalue weighted by Crippen LogP contribution is -2.32. The molecule has 0 fully saturated rings. The van der Waals surface area contributed by atoms with Gasteiger partial charge in [-0.05, 0) is 36.5 Å². The van der Waals surface area contributed by atoms with Crippen LogP contribution in [0.4, 0.5) is 5.69 Å². The van der Waals surface area contributed by atoms with Crippen molar-refractivity contribution in [2.75, 3.05) is 18.0 Å². The number of hydrogen-bond acceptors (Lipinski definition) is 2. The van der Waals surface area contributed by atoms with Gasteiger partial charge in [-0.1, -0.05) is 19.9 Å². The van der Waals surface area contributed by atoms with Gasteiger partial charge in [0, 0.05) is 18.8 Å². The number of carboxylic acids is 1. The molecule has 0 saturated heterocycles. The Morgan fingerprint density at radius 3 is 2.88 bits per heavy atom. The summed E-state index contributed by atoms with van der Waals surface area (Å²) < 4.78 is 0. The van der Waals surface area contributed by atoms with E-state index >= 15 is 0 Å². The van der Waals surface area contributed by atoms with E-state index in [2.05, 4.69) is 18.7 Å². The second-order valence-electron chi connectivity index (χ2n) is 5.09. The van der Waals surface area contributed by atoms with Crippen LogP contribution in [0, 0.1) is 5.92 Å². The van der Waals surface area contributed by atoms with E-state index in [-0.39, 0.29) is 0 Å². The maximum absolute atomic E-state index is 11.0. The third-order valence-electron chi connectivity index (χ3n) is 3.13. The molecule has 0 amide bonds. The fraction of sp³-hybridized carbons (Fsp3) is 0.500. The molecule has 2 rings (SSSR count). The van der Waals surface area contributed by atoms with Crippen molar-refractivity contribution in [2.24, 2.45) is 5.92 Å². The zero-order valence-corrected chi connectivity index (χ0v) is 10.4. The average molecular weight is 233 g/mol. The van der Waals surface area contributed by atoms with Gasteiger partial charge in [-0.15, -0.1) is 0 Å². The summed E-state index contributed by atoms with van der Waals surface area (Å²) in [5.74, 6) is -0.252. The molecule has 3 heteroatoms. The number of fused-ring (bicyclic) bond motifs is 1. The van der Waals surface area contributed by atoms with Gasteiger partial charge in [-0.2, -0.15) is 0 Å². The predicted octanol–water partition coefficient (Wildman–Crippen LogP) is 2.79. The molecule has 3 nitrogen and oxygen atoms in total. The Balaban J connectivity index is 2.34. The van der Waals surface area contributed by atoms with E-state index in [1.165, 1.54) is 5.56 Å². The molecule has 0 spiro atoms. The number of aryl methyl sites for hydroxylation is 1. The highest BCUT2D eigenvalue weighted by Gasteiger charge is 2.19. The molecule has 1 heterocycles. The summed E-state index contributed by atoms with van der Waals surface area (Å²) in [5, 5.41) is 9.04. The van der Waals surface area contributed by atoms with E-state index < -0.39 is 5.97 Å². The molecule has 0 saturated carbocycles. The van der Waals surface area contributed by atoms with Gasteiger partial charge in [0.25, 0.3) is 0 Å². The van der Waals surface area contributed by atoms with Crippen molar-refractivity contribution in [3.05, 3.63) is 29.3 Å². The zero-order chi connectivity index (χ0) is 12.4. The molecule has 1 aromatic rings. The summed E-state index contributed by atoms with van der Waals surface area (Å²) in [5.41, 5.74) is 2.78. The molecule has 0 bridgehead atoms. The van der Waals surface area contributed by atoms with Crippen molar-refractivity contribution in [2.45, 2.75) is 26.7 Å². The summed E-state index contributed by atoms with van der Waals surface area (Å²) in [4.78, 5) is 13.3. The molecule has 1 aliphatic rings. The van der Waals surface area contributed by atoms with Crippen molar-refractivity contribution in [1.82, 2.24) is 0 Å². The van der Waals surface area contributed by atoms with Gasteiger partial charge in [0.15, 0.2) is 0 Å². The van der Waals surface area contributed by atoms with Crippen LogP contribution in [0.5, 0.6) is 0 Å². The monoisotopic (exact) mass is 233 g/mol. The maximum Gasteiger partial charge on any atom is 0.335 e. The fourth-order valence-electron chi connectivity index (χ4n) is 2.41. The van der Waals surface area contributed by atoms with Crippen LogP contribution in [0.1, 0.15) is 36.2 Å². The molecule has 1 aliphatic heterocycles. The van der Waals surface area contributed by atoms with Crippen LogP contribution < -0.4 is 4.90 Å². The number of anilines is 1. The number of benzene rings is 1. The molecule has 1 N–H and O–H groups in total. The molecule has 1 aromatic carbocycles. The van der Waals surface area contributed by atoms with E-state index in [1.54, 1.807) is 6.07 Å². The van der Waals surface area contributed by atoms with E-state index in [0.29, 0.717) is 11.5 Å². The van der Waals surface area contributed by atoms with E-state index in [9.17, 15) is 4.79 Å². The molecule has 0 aromatic heterocycles. The van der Waals surface area contributed by atoms with Gasteiger partial charge in [0.05, 0.1) is 5.56 Å². The van der Waals surface area contributed by atoms with Crippen LogP contribution >= 0.6 is 0 Å². The summed E-state index contributed by atoms with van der Waals surface area (Å²) in [7, 11) is 0. The fourth-order valence-corrected chi connectivity index (χ4v) is 2.41. The van der Waals surface area contributed by atoms with Gasteiger partial charge in [-0.3, -0.25) is 0 Å². The topological polar surface area (TPSA) is 40.5 Å². The SMILES string of the molecule is CC(C)CN1CCCc2ccc(C(=O)O)cc21. The number of carboxylic acid groups (broad SMARTS) is 1. The minimum atomic E-state index is -0.845. The third kappa shape index (κ3) is 2.60. The summed E-state index contributed by atoms with van der Waals surface area (Å²) in [6.45, 7) is 6.41. The van der Waals surface area contributed by atoms with Gasteiger partial charge in [0.2, 0.25) is 0 Å². The third-order valence-corrected chi connectivity index (χ3v) is 3.13. The lowest BCUT2D eigenvalue weighted by Gasteiger charge is -2.32. The number of nitrogens with zero attached hydrogens (tertiary/aromatic N) is 1. The lowest BCUT2D eigenvalue weighted by atomic mass is 9.98. The highest BCUT2D eigenvalue weighted by molar-refractivity contribution is 5.89. The normalized spacial score (nSPS) is 14.9. The minimum Gasteiger partial charge on any atom is -0.478 e. The summed E-state index contributed by atoms with van der Waals surface area (Å²) in [6.07, 6.45) is 2.22. The second kappa shape index (κ2) is 4.78. The van der Waals surface area contributed by atoms with Crippen molar-refractivity contribution in [3.63, 3.8) is 0 Å². The molecule has 0 radical (unpaired) electrons. The second-order valence-corrected chi connectivity index (χ2v) is 5.09. The zero-order valence-electron chi connectivity index (χ0n) is 10.4. The van der Waals surface area contributed by atoms with Gasteiger partial charge in [-0.25, -0.2) is 4.79 Å². The van der Waals surface area contributed by atoms with Crippen molar-refractivity contribution < 1.29 is 9.90 Å². The van der Waals surface area contributed by atoms with Crippen LogP contribution in [-0.4, -0.2) is 24.2 Å². The van der Waals surface area contributed by atoms with E-state index in [0.717, 1.165) is 31.6 Å². The van der Waals surface area contributed by atoms with Gasteiger partial charge < -0.3 is 10.0 Å². The first-order chi connectivity index (χ1) is 8.08. The Morgan fingerprint density at radius 1 is 1.47 bits per heavy atom. The first kappa shape index (κ1) is 12.0. The number of aromatic carboxylic acids is 1. The first-order valence-corrected chi connectivity index (χ1v) is 6.19. The van der Waals surface area contributed by atoms with Crippen LogP contribution in [-0.2, 0) is 6.42 Å². The standard InChI is InChI=1S/C14H19NO2/c1-10(2)9-15-7-3-4-11-5-6-12(14(16)17)8-13(11)15/h5-6,8,10H,3-4,7,9H2,1-2H3,(H,16,17). The molecular weight excluding hydrogens is 214 g/mol. The average Bonchev–Trinajstić information content (AvgIpc) is 2.28. The van der Waals surface area contributed by atoms with Crippen molar-refractivity contribution >= 4 is 11.7 Å². The minimum absolute atomic E-state index is 0.388.